The van der Waals surface area contributed by atoms with Crippen molar-refractivity contribution in [1.29, 1.82) is 0 Å². The van der Waals surface area contributed by atoms with Crippen molar-refractivity contribution in [2.75, 3.05) is 13.1 Å². The lowest BCUT2D eigenvalue weighted by molar-refractivity contribution is 0.204. The summed E-state index contributed by atoms with van der Waals surface area (Å²) in [5.74, 6) is 0.629. The molecular weight excluding hydrogens is 306 g/mol. The Morgan fingerprint density at radius 2 is 1.52 bits per heavy atom. The van der Waals surface area contributed by atoms with E-state index in [0.717, 1.165) is 26.1 Å². The van der Waals surface area contributed by atoms with Crippen LogP contribution in [0.25, 0.3) is 0 Å². The van der Waals surface area contributed by atoms with E-state index in [0.29, 0.717) is 5.92 Å². The Balaban J connectivity index is 1.37. The number of piperidine rings is 1. The average Bonchev–Trinajstić information content (AvgIpc) is 3.12. The maximum absolute atomic E-state index is 4.34. The second kappa shape index (κ2) is 7.66. The van der Waals surface area contributed by atoms with E-state index in [9.17, 15) is 0 Å². The molecule has 1 aliphatic rings. The smallest absolute Gasteiger partial charge is 0.0525 e. The van der Waals surface area contributed by atoms with Crippen LogP contribution in [0, 0.1) is 0 Å². The van der Waals surface area contributed by atoms with Crippen molar-refractivity contribution in [2.45, 2.75) is 31.7 Å². The summed E-state index contributed by atoms with van der Waals surface area (Å²) in [6.45, 7) is 3.39. The molecule has 3 nitrogen and oxygen atoms in total. The van der Waals surface area contributed by atoms with Crippen LogP contribution in [0.3, 0.4) is 0 Å². The van der Waals surface area contributed by atoms with Gasteiger partial charge in [-0.1, -0.05) is 60.7 Å². The molecule has 4 rings (SSSR count). The molecule has 128 valence electrons. The van der Waals surface area contributed by atoms with Gasteiger partial charge in [0.05, 0.1) is 6.20 Å². The molecule has 1 N–H and O–H groups in total. The number of aromatic nitrogens is 2. The number of rotatable bonds is 5. The molecule has 3 aromatic rings. The first-order chi connectivity index (χ1) is 12.4. The van der Waals surface area contributed by atoms with Crippen molar-refractivity contribution in [3.63, 3.8) is 0 Å². The summed E-state index contributed by atoms with van der Waals surface area (Å²) in [6, 6.07) is 21.4. The van der Waals surface area contributed by atoms with E-state index in [1.54, 1.807) is 0 Å². The zero-order chi connectivity index (χ0) is 16.9. The summed E-state index contributed by atoms with van der Waals surface area (Å²) in [7, 11) is 0. The number of likely N-dealkylation sites (tertiary alicyclic amines) is 1. The monoisotopic (exact) mass is 331 g/mol. The fourth-order valence-corrected chi connectivity index (χ4v) is 3.86. The van der Waals surface area contributed by atoms with E-state index >= 15 is 0 Å². The van der Waals surface area contributed by atoms with Crippen LogP contribution in [0.15, 0.2) is 66.9 Å². The fraction of sp³-hybridized carbons (Fsp3) is 0.318. The van der Waals surface area contributed by atoms with Crippen molar-refractivity contribution < 1.29 is 0 Å². The largest absolute Gasteiger partial charge is 0.299 e. The maximum Gasteiger partial charge on any atom is 0.0525 e. The van der Waals surface area contributed by atoms with Crippen molar-refractivity contribution >= 4 is 0 Å². The molecule has 1 aliphatic heterocycles. The molecule has 0 radical (unpaired) electrons. The maximum atomic E-state index is 4.34. The lowest BCUT2D eigenvalue weighted by Crippen LogP contribution is -2.32. The van der Waals surface area contributed by atoms with Crippen LogP contribution >= 0.6 is 0 Å². The van der Waals surface area contributed by atoms with Crippen molar-refractivity contribution in [3.8, 4) is 0 Å². The molecular formula is C22H25N3. The minimum atomic E-state index is 0.629. The number of nitrogens with zero attached hydrogens (tertiary/aromatic N) is 2. The van der Waals surface area contributed by atoms with Gasteiger partial charge in [-0.3, -0.25) is 10.00 Å². The topological polar surface area (TPSA) is 31.9 Å². The van der Waals surface area contributed by atoms with Gasteiger partial charge in [0.1, 0.15) is 0 Å². The summed E-state index contributed by atoms with van der Waals surface area (Å²) in [5.41, 5.74) is 5.46. The van der Waals surface area contributed by atoms with Gasteiger partial charge in [0, 0.05) is 18.7 Å². The number of hydrogen-bond donors (Lipinski definition) is 1. The molecule has 1 fully saturated rings. The molecule has 2 aromatic carbocycles. The van der Waals surface area contributed by atoms with Gasteiger partial charge in [-0.2, -0.15) is 5.10 Å². The minimum absolute atomic E-state index is 0.629. The van der Waals surface area contributed by atoms with E-state index in [2.05, 4.69) is 82.0 Å². The molecule has 0 atom stereocenters. The first kappa shape index (κ1) is 16.1. The third-order valence-corrected chi connectivity index (χ3v) is 5.25. The van der Waals surface area contributed by atoms with Gasteiger partial charge < -0.3 is 0 Å². The van der Waals surface area contributed by atoms with E-state index in [1.807, 2.05) is 0 Å². The van der Waals surface area contributed by atoms with Crippen LogP contribution in [0.4, 0.5) is 0 Å². The molecule has 0 saturated carbocycles. The van der Waals surface area contributed by atoms with Gasteiger partial charge in [0.25, 0.3) is 0 Å². The van der Waals surface area contributed by atoms with E-state index in [-0.39, 0.29) is 0 Å². The predicted octanol–water partition coefficient (Wildman–Crippen LogP) is 4.38. The van der Waals surface area contributed by atoms with E-state index < -0.39 is 0 Å². The Hall–Kier alpha value is -2.39. The quantitative estimate of drug-likeness (QED) is 0.752. The highest BCUT2D eigenvalue weighted by Crippen LogP contribution is 2.31. The molecule has 25 heavy (non-hydrogen) atoms. The number of nitrogens with one attached hydrogen (secondary N) is 1. The zero-order valence-electron chi connectivity index (χ0n) is 14.6. The normalized spacial score (nSPS) is 16.2. The minimum Gasteiger partial charge on any atom is -0.299 e. The SMILES string of the molecule is c1ccc(Cc2[nH]ncc2C2CCN(Cc3ccccc3)CC2)cc1. The van der Waals surface area contributed by atoms with Crippen LogP contribution in [0.5, 0.6) is 0 Å². The van der Waals surface area contributed by atoms with Crippen molar-refractivity contribution in [1.82, 2.24) is 15.1 Å². The van der Waals surface area contributed by atoms with Crippen molar-refractivity contribution in [3.05, 3.63) is 89.2 Å². The number of H-pyrrole nitrogens is 1. The van der Waals surface area contributed by atoms with Crippen molar-refractivity contribution in [2.24, 2.45) is 0 Å². The lowest BCUT2D eigenvalue weighted by atomic mass is 9.88. The summed E-state index contributed by atoms with van der Waals surface area (Å²) in [5, 5.41) is 7.58. The number of aromatic amines is 1. The molecule has 2 heterocycles. The van der Waals surface area contributed by atoms with Gasteiger partial charge in [0.2, 0.25) is 0 Å². The summed E-state index contributed by atoms with van der Waals surface area (Å²) in [6.07, 6.45) is 5.43. The molecule has 0 spiro atoms. The van der Waals surface area contributed by atoms with Gasteiger partial charge in [0.15, 0.2) is 0 Å². The summed E-state index contributed by atoms with van der Waals surface area (Å²) in [4.78, 5) is 2.57. The zero-order valence-corrected chi connectivity index (χ0v) is 14.6. The van der Waals surface area contributed by atoms with Crippen LogP contribution in [-0.2, 0) is 13.0 Å². The standard InChI is InChI=1S/C22H25N3/c1-3-7-18(8-4-1)15-22-21(16-23-24-22)20-11-13-25(14-12-20)17-19-9-5-2-6-10-19/h1-10,16,20H,11-15,17H2,(H,23,24). The molecule has 1 saturated heterocycles. The third kappa shape index (κ3) is 3.99. The van der Waals surface area contributed by atoms with Gasteiger partial charge in [-0.15, -0.1) is 0 Å². The second-order valence-corrected chi connectivity index (χ2v) is 7.00. The first-order valence-corrected chi connectivity index (χ1v) is 9.21. The Morgan fingerprint density at radius 3 is 2.20 bits per heavy atom. The Kier molecular flexibility index (Phi) is 4.93. The number of hydrogen-bond acceptors (Lipinski definition) is 2. The Morgan fingerprint density at radius 1 is 0.880 bits per heavy atom. The molecule has 0 unspecified atom stereocenters. The molecule has 0 bridgehead atoms. The van der Waals surface area contributed by atoms with Crippen LogP contribution in [0.2, 0.25) is 0 Å². The Labute approximate surface area is 149 Å². The highest BCUT2D eigenvalue weighted by atomic mass is 15.1. The van der Waals surface area contributed by atoms with Crippen LogP contribution in [-0.4, -0.2) is 28.2 Å². The van der Waals surface area contributed by atoms with Gasteiger partial charge in [-0.05, 0) is 48.5 Å². The Bertz CT molecular complexity index is 771. The van der Waals surface area contributed by atoms with Gasteiger partial charge in [-0.25, -0.2) is 0 Å². The number of benzene rings is 2. The fourth-order valence-electron chi connectivity index (χ4n) is 3.86. The highest BCUT2D eigenvalue weighted by molar-refractivity contribution is 5.29. The predicted molar refractivity (Wildman–Crippen MR) is 102 cm³/mol. The lowest BCUT2D eigenvalue weighted by Gasteiger charge is -2.32. The third-order valence-electron chi connectivity index (χ3n) is 5.25. The first-order valence-electron chi connectivity index (χ1n) is 9.21. The second-order valence-electron chi connectivity index (χ2n) is 7.00. The van der Waals surface area contributed by atoms with E-state index in [4.69, 9.17) is 0 Å². The molecule has 3 heteroatoms. The summed E-state index contributed by atoms with van der Waals surface area (Å²) >= 11 is 0. The van der Waals surface area contributed by atoms with Crippen LogP contribution < -0.4 is 0 Å². The molecule has 1 aromatic heterocycles. The average molecular weight is 331 g/mol. The molecule has 0 aliphatic carbocycles. The van der Waals surface area contributed by atoms with E-state index in [1.165, 1.54) is 35.2 Å². The van der Waals surface area contributed by atoms with Gasteiger partial charge >= 0.3 is 0 Å². The summed E-state index contributed by atoms with van der Waals surface area (Å²) < 4.78 is 0. The molecule has 0 amide bonds. The van der Waals surface area contributed by atoms with Crippen LogP contribution in [0.1, 0.15) is 41.1 Å². The highest BCUT2D eigenvalue weighted by Gasteiger charge is 2.23.